The van der Waals surface area contributed by atoms with E-state index >= 15 is 0 Å². The van der Waals surface area contributed by atoms with Crippen LogP contribution in [0.1, 0.15) is 5.56 Å². The lowest BCUT2D eigenvalue weighted by Gasteiger charge is -2.06. The van der Waals surface area contributed by atoms with Gasteiger partial charge in [-0.3, -0.25) is 4.79 Å². The molecule has 0 atom stereocenters. The molecule has 1 aromatic heterocycles. The van der Waals surface area contributed by atoms with E-state index in [-0.39, 0.29) is 12.3 Å². The van der Waals surface area contributed by atoms with Crippen LogP contribution in [0.5, 0.6) is 0 Å². The molecule has 4 rings (SSSR count). The van der Waals surface area contributed by atoms with Crippen LogP contribution in [0.2, 0.25) is 10.0 Å². The van der Waals surface area contributed by atoms with Crippen LogP contribution in [-0.2, 0) is 11.2 Å². The molecular weight excluding hydrogens is 399 g/mol. The van der Waals surface area contributed by atoms with Crippen molar-refractivity contribution in [2.45, 2.75) is 6.42 Å². The van der Waals surface area contributed by atoms with Gasteiger partial charge in [0.25, 0.3) is 0 Å². The highest BCUT2D eigenvalue weighted by atomic mass is 35.5. The van der Waals surface area contributed by atoms with Crippen molar-refractivity contribution in [3.05, 3.63) is 81.7 Å². The summed E-state index contributed by atoms with van der Waals surface area (Å²) < 4.78 is 0. The summed E-state index contributed by atoms with van der Waals surface area (Å²) >= 11 is 13.6. The molecule has 0 spiro atoms. The lowest BCUT2D eigenvalue weighted by molar-refractivity contribution is -0.115. The zero-order chi connectivity index (χ0) is 18.8. The van der Waals surface area contributed by atoms with E-state index in [4.69, 9.17) is 23.2 Å². The molecule has 0 saturated heterocycles. The number of carbonyl (C=O) groups excluding carboxylic acids is 1. The van der Waals surface area contributed by atoms with Gasteiger partial charge in [-0.25, -0.2) is 4.98 Å². The van der Waals surface area contributed by atoms with Crippen LogP contribution < -0.4 is 5.32 Å². The van der Waals surface area contributed by atoms with Crippen molar-refractivity contribution < 1.29 is 4.79 Å². The molecule has 0 aliphatic heterocycles. The number of hydrogen-bond donors (Lipinski definition) is 1. The van der Waals surface area contributed by atoms with Crippen LogP contribution in [-0.4, -0.2) is 10.9 Å². The quantitative estimate of drug-likeness (QED) is 0.418. The minimum atomic E-state index is -0.107. The zero-order valence-electron chi connectivity index (χ0n) is 14.1. The fourth-order valence-electron chi connectivity index (χ4n) is 2.93. The monoisotopic (exact) mass is 412 g/mol. The van der Waals surface area contributed by atoms with E-state index in [0.29, 0.717) is 20.9 Å². The molecule has 3 aromatic carbocycles. The van der Waals surface area contributed by atoms with E-state index in [1.54, 1.807) is 18.2 Å². The van der Waals surface area contributed by atoms with E-state index in [2.05, 4.69) is 10.3 Å². The Morgan fingerprint density at radius 3 is 2.74 bits per heavy atom. The summed E-state index contributed by atoms with van der Waals surface area (Å²) in [5.74, 6) is -0.107. The van der Waals surface area contributed by atoms with E-state index in [1.807, 2.05) is 47.8 Å². The number of carbonyl (C=O) groups is 1. The molecule has 134 valence electrons. The van der Waals surface area contributed by atoms with Crippen LogP contribution >= 0.6 is 34.5 Å². The van der Waals surface area contributed by atoms with Gasteiger partial charge >= 0.3 is 0 Å². The number of halogens is 2. The largest absolute Gasteiger partial charge is 0.302 e. The van der Waals surface area contributed by atoms with Crippen LogP contribution in [0.4, 0.5) is 5.13 Å². The predicted octanol–water partition coefficient (Wildman–Crippen LogP) is 6.45. The lowest BCUT2D eigenvalue weighted by Crippen LogP contribution is -2.14. The average molecular weight is 413 g/mol. The number of anilines is 1. The highest BCUT2D eigenvalue weighted by molar-refractivity contribution is 7.14. The van der Waals surface area contributed by atoms with Crippen LogP contribution in [0.3, 0.4) is 0 Å². The van der Waals surface area contributed by atoms with Crippen molar-refractivity contribution in [2.24, 2.45) is 0 Å². The molecule has 0 unspecified atom stereocenters. The summed E-state index contributed by atoms with van der Waals surface area (Å²) in [4.78, 5) is 17.0. The smallest absolute Gasteiger partial charge is 0.230 e. The van der Waals surface area contributed by atoms with Crippen molar-refractivity contribution in [1.82, 2.24) is 4.98 Å². The Bertz CT molecular complexity index is 1130. The second-order valence-electron chi connectivity index (χ2n) is 6.03. The number of hydrogen-bond acceptors (Lipinski definition) is 3. The summed E-state index contributed by atoms with van der Waals surface area (Å²) in [6, 6.07) is 19.2. The van der Waals surface area contributed by atoms with Gasteiger partial charge in [0.1, 0.15) is 0 Å². The van der Waals surface area contributed by atoms with Gasteiger partial charge in [-0.15, -0.1) is 11.3 Å². The molecule has 4 aromatic rings. The minimum absolute atomic E-state index is 0.107. The summed E-state index contributed by atoms with van der Waals surface area (Å²) in [5.41, 5.74) is 2.42. The Kier molecular flexibility index (Phi) is 5.12. The number of amides is 1. The molecule has 6 heteroatoms. The van der Waals surface area contributed by atoms with Gasteiger partial charge < -0.3 is 5.32 Å². The van der Waals surface area contributed by atoms with Crippen molar-refractivity contribution in [2.75, 3.05) is 5.32 Å². The second-order valence-corrected chi connectivity index (χ2v) is 7.73. The van der Waals surface area contributed by atoms with Gasteiger partial charge in [-0.05, 0) is 34.5 Å². The zero-order valence-corrected chi connectivity index (χ0v) is 16.4. The topological polar surface area (TPSA) is 42.0 Å². The van der Waals surface area contributed by atoms with Gasteiger partial charge in [-0.1, -0.05) is 65.7 Å². The molecule has 1 amide bonds. The number of nitrogens with zero attached hydrogens (tertiary/aromatic N) is 1. The normalized spacial score (nSPS) is 10.9. The SMILES string of the molecule is O=C(Cc1cccc2ccccc12)Nc1nc(-c2cc(Cl)ccc2Cl)cs1. The van der Waals surface area contributed by atoms with Crippen molar-refractivity contribution >= 4 is 56.3 Å². The van der Waals surface area contributed by atoms with Crippen molar-refractivity contribution in [1.29, 1.82) is 0 Å². The van der Waals surface area contributed by atoms with Gasteiger partial charge in [0.2, 0.25) is 5.91 Å². The van der Waals surface area contributed by atoms with Gasteiger partial charge in [-0.2, -0.15) is 0 Å². The molecule has 0 saturated carbocycles. The summed E-state index contributed by atoms with van der Waals surface area (Å²) in [6.07, 6.45) is 0.286. The summed E-state index contributed by atoms with van der Waals surface area (Å²) in [6.45, 7) is 0. The lowest BCUT2D eigenvalue weighted by atomic mass is 10.0. The predicted molar refractivity (Wildman–Crippen MR) is 114 cm³/mol. The maximum atomic E-state index is 12.5. The van der Waals surface area contributed by atoms with Crippen LogP contribution in [0, 0.1) is 0 Å². The third kappa shape index (κ3) is 3.98. The van der Waals surface area contributed by atoms with Crippen molar-refractivity contribution in [3.8, 4) is 11.3 Å². The first-order chi connectivity index (χ1) is 13.1. The molecular formula is C21H14Cl2N2OS. The van der Waals surface area contributed by atoms with Crippen molar-refractivity contribution in [3.63, 3.8) is 0 Å². The number of rotatable bonds is 4. The van der Waals surface area contributed by atoms with Gasteiger partial charge in [0.15, 0.2) is 5.13 Å². The Morgan fingerprint density at radius 1 is 1.04 bits per heavy atom. The Labute approximate surface area is 170 Å². The fourth-order valence-corrected chi connectivity index (χ4v) is 4.04. The number of aromatic nitrogens is 1. The fraction of sp³-hybridized carbons (Fsp3) is 0.0476. The Morgan fingerprint density at radius 2 is 1.85 bits per heavy atom. The first-order valence-electron chi connectivity index (χ1n) is 8.27. The molecule has 3 nitrogen and oxygen atoms in total. The standard InChI is InChI=1S/C21H14Cl2N2OS/c22-15-8-9-18(23)17(11-15)19-12-27-21(24-19)25-20(26)10-14-6-3-5-13-4-1-2-7-16(13)14/h1-9,11-12H,10H2,(H,24,25,26). The minimum Gasteiger partial charge on any atom is -0.302 e. The van der Waals surface area contributed by atoms with E-state index in [1.165, 1.54) is 11.3 Å². The van der Waals surface area contributed by atoms with Crippen LogP contribution in [0.15, 0.2) is 66.0 Å². The average Bonchev–Trinajstić information content (AvgIpc) is 3.12. The molecule has 1 heterocycles. The number of thiazole rings is 1. The van der Waals surface area contributed by atoms with E-state index in [9.17, 15) is 4.79 Å². The maximum absolute atomic E-state index is 12.5. The molecule has 0 bridgehead atoms. The molecule has 1 N–H and O–H groups in total. The third-order valence-corrected chi connectivity index (χ3v) is 5.51. The van der Waals surface area contributed by atoms with Crippen LogP contribution in [0.25, 0.3) is 22.0 Å². The molecule has 0 aliphatic carbocycles. The molecule has 0 fully saturated rings. The first-order valence-corrected chi connectivity index (χ1v) is 9.91. The Hall–Kier alpha value is -2.40. The van der Waals surface area contributed by atoms with Gasteiger partial charge in [0, 0.05) is 16.0 Å². The molecule has 0 radical (unpaired) electrons. The van der Waals surface area contributed by atoms with Gasteiger partial charge in [0.05, 0.1) is 17.1 Å². The summed E-state index contributed by atoms with van der Waals surface area (Å²) in [7, 11) is 0. The molecule has 0 aliphatic rings. The van der Waals surface area contributed by atoms with E-state index < -0.39 is 0 Å². The highest BCUT2D eigenvalue weighted by Gasteiger charge is 2.12. The first kappa shape index (κ1) is 18.0. The number of benzene rings is 3. The van der Waals surface area contributed by atoms with E-state index in [0.717, 1.165) is 21.9 Å². The Balaban J connectivity index is 1.52. The number of nitrogens with one attached hydrogen (secondary N) is 1. The number of fused-ring (bicyclic) bond motifs is 1. The summed E-state index contributed by atoms with van der Waals surface area (Å²) in [5, 5.41) is 8.62. The molecule has 27 heavy (non-hydrogen) atoms. The maximum Gasteiger partial charge on any atom is 0.230 e. The highest BCUT2D eigenvalue weighted by Crippen LogP contribution is 2.32. The third-order valence-electron chi connectivity index (χ3n) is 4.19. The second kappa shape index (κ2) is 7.69.